The molecule has 1 aliphatic carbocycles. The highest BCUT2D eigenvalue weighted by Gasteiger charge is 2.34. The zero-order chi connectivity index (χ0) is 16.6. The summed E-state index contributed by atoms with van der Waals surface area (Å²) in [5, 5.41) is 14.5. The highest BCUT2D eigenvalue weighted by molar-refractivity contribution is 8.00. The summed E-state index contributed by atoms with van der Waals surface area (Å²) in [6, 6.07) is 8.17. The van der Waals surface area contributed by atoms with E-state index in [0.29, 0.717) is 12.2 Å². The summed E-state index contributed by atoms with van der Waals surface area (Å²) in [5.41, 5.74) is 2.11. The normalized spacial score (nSPS) is 20.1. The number of fused-ring (bicyclic) bond motifs is 2. The van der Waals surface area contributed by atoms with Crippen LogP contribution in [0.25, 0.3) is 10.3 Å². The van der Waals surface area contributed by atoms with Crippen molar-refractivity contribution >= 4 is 39.3 Å². The second-order valence-electron chi connectivity index (χ2n) is 5.95. The number of thioether (sulfide) groups is 1. The van der Waals surface area contributed by atoms with E-state index in [0.717, 1.165) is 39.7 Å². The molecular weight excluding hydrogens is 340 g/mol. The lowest BCUT2D eigenvalue weighted by Gasteiger charge is -2.34. The number of aryl methyl sites for hydroxylation is 1. The first kappa shape index (κ1) is 15.8. The number of nitrogens with one attached hydrogen (secondary N) is 1. The Morgan fingerprint density at radius 3 is 3.08 bits per heavy atom. The average Bonchev–Trinajstić information content (AvgIpc) is 3.04. The number of benzene rings is 1. The topological polar surface area (TPSA) is 70.9 Å². The maximum atomic E-state index is 11.2. The second kappa shape index (κ2) is 6.31. The van der Waals surface area contributed by atoms with Gasteiger partial charge in [0, 0.05) is 6.54 Å². The molecule has 0 spiro atoms. The monoisotopic (exact) mass is 358 g/mol. The number of aliphatic hydroxyl groups is 1. The molecule has 0 fully saturated rings. The Labute approximate surface area is 148 Å². The van der Waals surface area contributed by atoms with Crippen LogP contribution in [0.15, 0.2) is 34.9 Å². The van der Waals surface area contributed by atoms with E-state index in [-0.39, 0.29) is 0 Å². The fourth-order valence-electron chi connectivity index (χ4n) is 3.26. The molecule has 124 valence electrons. The minimum absolute atomic E-state index is 0.433. The van der Waals surface area contributed by atoms with Crippen molar-refractivity contribution in [3.05, 3.63) is 41.7 Å². The van der Waals surface area contributed by atoms with Crippen molar-refractivity contribution in [1.29, 1.82) is 0 Å². The van der Waals surface area contributed by atoms with Crippen LogP contribution in [-0.4, -0.2) is 32.9 Å². The predicted molar refractivity (Wildman–Crippen MR) is 98.8 cm³/mol. The molecule has 4 rings (SSSR count). The largest absolute Gasteiger partial charge is 0.383 e. The molecule has 7 heteroatoms. The van der Waals surface area contributed by atoms with Crippen molar-refractivity contribution in [3.63, 3.8) is 0 Å². The summed E-state index contributed by atoms with van der Waals surface area (Å²) in [7, 11) is 0. The highest BCUT2D eigenvalue weighted by atomic mass is 32.2. The van der Waals surface area contributed by atoms with E-state index in [1.807, 2.05) is 24.5 Å². The molecular formula is C17H18N4OS2. The van der Waals surface area contributed by atoms with Crippen LogP contribution in [0.4, 0.5) is 5.82 Å². The zero-order valence-corrected chi connectivity index (χ0v) is 15.0. The third kappa shape index (κ3) is 2.76. The number of anilines is 1. The molecule has 1 aromatic carbocycles. The third-order valence-electron chi connectivity index (χ3n) is 4.45. The predicted octanol–water partition coefficient (Wildman–Crippen LogP) is 3.44. The molecule has 24 heavy (non-hydrogen) atoms. The van der Waals surface area contributed by atoms with Gasteiger partial charge in [-0.2, -0.15) is 0 Å². The molecule has 0 saturated heterocycles. The van der Waals surface area contributed by atoms with Crippen molar-refractivity contribution in [2.45, 2.75) is 29.2 Å². The lowest BCUT2D eigenvalue weighted by molar-refractivity contribution is 0.0322. The van der Waals surface area contributed by atoms with Gasteiger partial charge in [-0.3, -0.25) is 0 Å². The van der Waals surface area contributed by atoms with Gasteiger partial charge in [0.25, 0.3) is 0 Å². The molecule has 1 atom stereocenters. The van der Waals surface area contributed by atoms with E-state index < -0.39 is 5.60 Å². The molecule has 1 unspecified atom stereocenters. The number of aromatic nitrogens is 3. The molecule has 2 heterocycles. The van der Waals surface area contributed by atoms with Crippen LogP contribution in [-0.2, 0) is 12.0 Å². The van der Waals surface area contributed by atoms with Gasteiger partial charge >= 0.3 is 0 Å². The van der Waals surface area contributed by atoms with Crippen molar-refractivity contribution < 1.29 is 5.11 Å². The zero-order valence-electron chi connectivity index (χ0n) is 13.3. The summed E-state index contributed by atoms with van der Waals surface area (Å²) in [4.78, 5) is 13.1. The summed E-state index contributed by atoms with van der Waals surface area (Å²) in [6.45, 7) is 0.433. The van der Waals surface area contributed by atoms with Gasteiger partial charge in [-0.05, 0) is 36.6 Å². The molecule has 2 aromatic heterocycles. The lowest BCUT2D eigenvalue weighted by atomic mass is 9.79. The van der Waals surface area contributed by atoms with Crippen LogP contribution in [0.1, 0.15) is 24.0 Å². The number of hydrogen-bond acceptors (Lipinski definition) is 7. The maximum Gasteiger partial charge on any atom is 0.176 e. The van der Waals surface area contributed by atoms with E-state index in [1.54, 1.807) is 23.1 Å². The molecule has 0 aliphatic heterocycles. The molecule has 3 aromatic rings. The van der Waals surface area contributed by atoms with Crippen molar-refractivity contribution in [3.8, 4) is 0 Å². The van der Waals surface area contributed by atoms with Crippen LogP contribution in [0.5, 0.6) is 0 Å². The van der Waals surface area contributed by atoms with E-state index in [4.69, 9.17) is 0 Å². The van der Waals surface area contributed by atoms with Crippen molar-refractivity contribution in [2.24, 2.45) is 0 Å². The third-order valence-corrected chi connectivity index (χ3v) is 6.49. The molecule has 0 saturated carbocycles. The Bertz CT molecular complexity index is 882. The summed E-state index contributed by atoms with van der Waals surface area (Å²) >= 11 is 3.18. The number of hydrogen-bond donors (Lipinski definition) is 2. The smallest absolute Gasteiger partial charge is 0.176 e. The number of thiazole rings is 1. The first-order chi connectivity index (χ1) is 11.7. The van der Waals surface area contributed by atoms with E-state index in [1.165, 1.54) is 11.9 Å². The van der Waals surface area contributed by atoms with Crippen molar-refractivity contribution in [2.75, 3.05) is 18.1 Å². The van der Waals surface area contributed by atoms with Gasteiger partial charge in [0.05, 0.1) is 0 Å². The Hall–Kier alpha value is -1.70. The Kier molecular flexibility index (Phi) is 4.15. The average molecular weight is 358 g/mol. The highest BCUT2D eigenvalue weighted by Crippen LogP contribution is 2.36. The minimum atomic E-state index is -0.862. The van der Waals surface area contributed by atoms with Gasteiger partial charge in [-0.1, -0.05) is 36.0 Å². The standard InChI is InChI=1S/C17H18N4OS2/c1-23-16-21-15-13(24-16)14(19-10-20-15)18-9-17(22)8-4-6-11-5-2-3-7-12(11)17/h2-3,5,7,10,22H,4,6,8-9H2,1H3,(H,18,19,20). The van der Waals surface area contributed by atoms with Gasteiger partial charge in [0.15, 0.2) is 9.99 Å². The van der Waals surface area contributed by atoms with E-state index in [2.05, 4.69) is 26.3 Å². The van der Waals surface area contributed by atoms with Crippen LogP contribution in [0.2, 0.25) is 0 Å². The molecule has 5 nitrogen and oxygen atoms in total. The Morgan fingerprint density at radius 2 is 2.21 bits per heavy atom. The first-order valence-corrected chi connectivity index (χ1v) is 9.94. The molecule has 0 bridgehead atoms. The summed E-state index contributed by atoms with van der Waals surface area (Å²) in [5.74, 6) is 0.745. The molecule has 1 aliphatic rings. The van der Waals surface area contributed by atoms with E-state index in [9.17, 15) is 5.11 Å². The van der Waals surface area contributed by atoms with Crippen LogP contribution in [0.3, 0.4) is 0 Å². The fourth-order valence-corrected chi connectivity index (χ4v) is 4.74. The molecule has 0 radical (unpaired) electrons. The second-order valence-corrected chi connectivity index (χ2v) is 8.01. The SMILES string of the molecule is CSc1nc2ncnc(NCC3(O)CCCc4ccccc43)c2s1. The van der Waals surface area contributed by atoms with Crippen LogP contribution in [0, 0.1) is 0 Å². The first-order valence-electron chi connectivity index (χ1n) is 7.90. The number of nitrogens with zero attached hydrogens (tertiary/aromatic N) is 3. The Balaban J connectivity index is 1.63. The molecule has 2 N–H and O–H groups in total. The molecule has 0 amide bonds. The lowest BCUT2D eigenvalue weighted by Crippen LogP contribution is -2.37. The minimum Gasteiger partial charge on any atom is -0.383 e. The maximum absolute atomic E-state index is 11.2. The van der Waals surface area contributed by atoms with Crippen molar-refractivity contribution in [1.82, 2.24) is 15.0 Å². The van der Waals surface area contributed by atoms with Crippen LogP contribution < -0.4 is 5.32 Å². The van der Waals surface area contributed by atoms with Gasteiger partial charge in [0.2, 0.25) is 0 Å². The summed E-state index contributed by atoms with van der Waals surface area (Å²) in [6.07, 6.45) is 6.30. The summed E-state index contributed by atoms with van der Waals surface area (Å²) < 4.78 is 1.91. The van der Waals surface area contributed by atoms with Crippen LogP contribution >= 0.6 is 23.1 Å². The van der Waals surface area contributed by atoms with Gasteiger partial charge < -0.3 is 10.4 Å². The quantitative estimate of drug-likeness (QED) is 0.696. The fraction of sp³-hybridized carbons (Fsp3) is 0.353. The Morgan fingerprint density at radius 1 is 1.33 bits per heavy atom. The van der Waals surface area contributed by atoms with Gasteiger partial charge in [0.1, 0.15) is 22.4 Å². The van der Waals surface area contributed by atoms with Gasteiger partial charge in [-0.15, -0.1) is 11.3 Å². The van der Waals surface area contributed by atoms with Gasteiger partial charge in [-0.25, -0.2) is 15.0 Å². The number of rotatable bonds is 4. The van der Waals surface area contributed by atoms with E-state index >= 15 is 0 Å².